The topological polar surface area (TPSA) is 63.2 Å². The Bertz CT molecular complexity index is 1520. The van der Waals surface area contributed by atoms with Gasteiger partial charge in [0.1, 0.15) is 17.4 Å². The van der Waals surface area contributed by atoms with Gasteiger partial charge in [0.25, 0.3) is 5.91 Å². The lowest BCUT2D eigenvalue weighted by Gasteiger charge is -2.12. The van der Waals surface area contributed by atoms with Crippen LogP contribution in [0.5, 0.6) is 5.75 Å². The second kappa shape index (κ2) is 10.9. The van der Waals surface area contributed by atoms with Gasteiger partial charge >= 0.3 is 0 Å². The number of carbonyl (C=O) groups is 1. The SMILES string of the molecule is O=C(NC(=S)Nc1ccc(Cl)c(-c2nc3ccccc3s2)c1)c1cccc(OCc2ccccc2)c1. The van der Waals surface area contributed by atoms with Crippen LogP contribution in [0.1, 0.15) is 15.9 Å². The van der Waals surface area contributed by atoms with E-state index in [4.69, 9.17) is 28.6 Å². The molecule has 0 aliphatic heterocycles. The summed E-state index contributed by atoms with van der Waals surface area (Å²) in [7, 11) is 0. The van der Waals surface area contributed by atoms with Crippen LogP contribution < -0.4 is 15.4 Å². The predicted molar refractivity (Wildman–Crippen MR) is 151 cm³/mol. The zero-order valence-electron chi connectivity index (χ0n) is 18.9. The fourth-order valence-corrected chi connectivity index (χ4v) is 5.03. The van der Waals surface area contributed by atoms with Gasteiger partial charge in [-0.15, -0.1) is 11.3 Å². The third-order valence-electron chi connectivity index (χ3n) is 5.32. The van der Waals surface area contributed by atoms with Crippen molar-refractivity contribution in [3.05, 3.63) is 113 Å². The maximum Gasteiger partial charge on any atom is 0.257 e. The molecule has 1 heterocycles. The number of para-hydroxylation sites is 1. The van der Waals surface area contributed by atoms with Gasteiger partial charge in [-0.05, 0) is 66.3 Å². The number of amides is 1. The molecular weight excluding hydrogens is 510 g/mol. The van der Waals surface area contributed by atoms with Crippen molar-refractivity contribution in [2.45, 2.75) is 6.61 Å². The van der Waals surface area contributed by atoms with E-state index in [0.717, 1.165) is 26.4 Å². The van der Waals surface area contributed by atoms with E-state index in [1.165, 1.54) is 0 Å². The summed E-state index contributed by atoms with van der Waals surface area (Å²) in [4.78, 5) is 17.5. The van der Waals surface area contributed by atoms with Crippen molar-refractivity contribution >= 4 is 62.1 Å². The molecule has 0 atom stereocenters. The number of anilines is 1. The van der Waals surface area contributed by atoms with Crippen LogP contribution in [0.3, 0.4) is 0 Å². The van der Waals surface area contributed by atoms with Crippen LogP contribution >= 0.6 is 35.2 Å². The summed E-state index contributed by atoms with van der Waals surface area (Å²) in [5.41, 5.74) is 3.89. The number of hydrogen-bond acceptors (Lipinski definition) is 5. The molecule has 178 valence electrons. The zero-order valence-corrected chi connectivity index (χ0v) is 21.3. The zero-order chi connectivity index (χ0) is 24.9. The first-order chi connectivity index (χ1) is 17.5. The first-order valence-electron chi connectivity index (χ1n) is 11.1. The van der Waals surface area contributed by atoms with Gasteiger partial charge in [0.15, 0.2) is 5.11 Å². The molecule has 2 N–H and O–H groups in total. The van der Waals surface area contributed by atoms with Crippen molar-refractivity contribution in [2.75, 3.05) is 5.32 Å². The number of aromatic nitrogens is 1. The summed E-state index contributed by atoms with van der Waals surface area (Å²) in [6.07, 6.45) is 0. The fourth-order valence-electron chi connectivity index (χ4n) is 3.56. The number of thiocarbonyl (C=S) groups is 1. The Morgan fingerprint density at radius 1 is 0.944 bits per heavy atom. The Balaban J connectivity index is 1.24. The number of hydrogen-bond donors (Lipinski definition) is 2. The molecule has 5 rings (SSSR count). The van der Waals surface area contributed by atoms with Crippen LogP contribution in [0.15, 0.2) is 97.1 Å². The maximum atomic E-state index is 12.8. The average molecular weight is 530 g/mol. The van der Waals surface area contributed by atoms with E-state index in [2.05, 4.69) is 15.6 Å². The molecule has 0 saturated heterocycles. The molecule has 1 aromatic heterocycles. The molecule has 8 heteroatoms. The number of ether oxygens (including phenoxy) is 1. The summed E-state index contributed by atoms with van der Waals surface area (Å²) in [5.74, 6) is 0.265. The lowest BCUT2D eigenvalue weighted by atomic mass is 10.2. The third kappa shape index (κ3) is 5.71. The Kier molecular flexibility index (Phi) is 7.23. The van der Waals surface area contributed by atoms with Gasteiger partial charge in [0.05, 0.1) is 15.2 Å². The maximum absolute atomic E-state index is 12.8. The third-order valence-corrected chi connectivity index (χ3v) is 6.92. The van der Waals surface area contributed by atoms with Gasteiger partial charge in [-0.2, -0.15) is 0 Å². The summed E-state index contributed by atoms with van der Waals surface area (Å²) in [5, 5.41) is 7.35. The van der Waals surface area contributed by atoms with Crippen LogP contribution in [0.4, 0.5) is 5.69 Å². The highest BCUT2D eigenvalue weighted by Gasteiger charge is 2.13. The molecule has 1 amide bonds. The minimum Gasteiger partial charge on any atom is -0.489 e. The molecule has 0 radical (unpaired) electrons. The molecule has 4 aromatic carbocycles. The van der Waals surface area contributed by atoms with Crippen molar-refractivity contribution in [3.8, 4) is 16.3 Å². The first kappa shape index (κ1) is 23.9. The van der Waals surface area contributed by atoms with Crippen molar-refractivity contribution in [1.82, 2.24) is 10.3 Å². The lowest BCUT2D eigenvalue weighted by molar-refractivity contribution is 0.0977. The molecule has 0 bridgehead atoms. The number of rotatable bonds is 6. The van der Waals surface area contributed by atoms with E-state index in [0.29, 0.717) is 28.6 Å². The van der Waals surface area contributed by atoms with Crippen LogP contribution in [0.2, 0.25) is 5.02 Å². The second-order valence-corrected chi connectivity index (χ2v) is 9.74. The number of carbonyl (C=O) groups excluding carboxylic acids is 1. The standard InChI is InChI=1S/C28H20ClN3O2S2/c29-23-14-13-20(16-22(23)27-31-24-11-4-5-12-25(24)36-27)30-28(35)32-26(33)19-9-6-10-21(15-19)34-17-18-7-2-1-3-8-18/h1-16H,17H2,(H2,30,32,33,35). The number of benzene rings is 4. The van der Waals surface area contributed by atoms with E-state index in [1.807, 2.05) is 66.7 Å². The van der Waals surface area contributed by atoms with Gasteiger partial charge in [-0.3, -0.25) is 10.1 Å². The monoisotopic (exact) mass is 529 g/mol. The van der Waals surface area contributed by atoms with E-state index >= 15 is 0 Å². The molecule has 0 saturated carbocycles. The Morgan fingerprint density at radius 2 is 1.75 bits per heavy atom. The van der Waals surface area contributed by atoms with Crippen LogP contribution in [-0.2, 0) is 6.61 Å². The van der Waals surface area contributed by atoms with Crippen LogP contribution in [-0.4, -0.2) is 16.0 Å². The number of nitrogens with zero attached hydrogens (tertiary/aromatic N) is 1. The van der Waals surface area contributed by atoms with Gasteiger partial charge in [-0.25, -0.2) is 4.98 Å². The molecular formula is C28H20ClN3O2S2. The van der Waals surface area contributed by atoms with Crippen molar-refractivity contribution < 1.29 is 9.53 Å². The van der Waals surface area contributed by atoms with E-state index < -0.39 is 0 Å². The summed E-state index contributed by atoms with van der Waals surface area (Å²) < 4.78 is 6.91. The summed E-state index contributed by atoms with van der Waals surface area (Å²) in [6.45, 7) is 0.416. The highest BCUT2D eigenvalue weighted by molar-refractivity contribution is 7.80. The molecule has 0 spiro atoms. The predicted octanol–water partition coefficient (Wildman–Crippen LogP) is 7.32. The summed E-state index contributed by atoms with van der Waals surface area (Å²) in [6, 6.07) is 30.2. The molecule has 5 aromatic rings. The van der Waals surface area contributed by atoms with E-state index in [1.54, 1.807) is 41.7 Å². The van der Waals surface area contributed by atoms with Gasteiger partial charge in [0, 0.05) is 16.8 Å². The Morgan fingerprint density at radius 3 is 2.58 bits per heavy atom. The first-order valence-corrected chi connectivity index (χ1v) is 12.7. The second-order valence-electron chi connectivity index (χ2n) is 7.89. The minimum absolute atomic E-state index is 0.174. The van der Waals surface area contributed by atoms with Gasteiger partial charge in [-0.1, -0.05) is 60.1 Å². The van der Waals surface area contributed by atoms with Crippen molar-refractivity contribution in [1.29, 1.82) is 0 Å². The smallest absolute Gasteiger partial charge is 0.257 e. The largest absolute Gasteiger partial charge is 0.489 e. The molecule has 0 unspecified atom stereocenters. The lowest BCUT2D eigenvalue weighted by Crippen LogP contribution is -2.34. The minimum atomic E-state index is -0.335. The highest BCUT2D eigenvalue weighted by atomic mass is 35.5. The van der Waals surface area contributed by atoms with Crippen LogP contribution in [0, 0.1) is 0 Å². The quantitative estimate of drug-likeness (QED) is 0.226. The molecule has 0 aliphatic carbocycles. The molecule has 5 nitrogen and oxygen atoms in total. The number of nitrogens with one attached hydrogen (secondary N) is 2. The van der Waals surface area contributed by atoms with Crippen molar-refractivity contribution in [2.24, 2.45) is 0 Å². The normalized spacial score (nSPS) is 10.7. The molecule has 0 fully saturated rings. The highest BCUT2D eigenvalue weighted by Crippen LogP contribution is 2.35. The number of halogens is 1. The van der Waals surface area contributed by atoms with Gasteiger partial charge in [0.2, 0.25) is 0 Å². The molecule has 0 aliphatic rings. The number of fused-ring (bicyclic) bond motifs is 1. The average Bonchev–Trinajstić information content (AvgIpc) is 3.33. The fraction of sp³-hybridized carbons (Fsp3) is 0.0357. The summed E-state index contributed by atoms with van der Waals surface area (Å²) >= 11 is 13.4. The van der Waals surface area contributed by atoms with E-state index in [-0.39, 0.29) is 11.0 Å². The van der Waals surface area contributed by atoms with Gasteiger partial charge < -0.3 is 10.1 Å². The van der Waals surface area contributed by atoms with E-state index in [9.17, 15) is 4.79 Å². The van der Waals surface area contributed by atoms with Crippen LogP contribution in [0.25, 0.3) is 20.8 Å². The Hall–Kier alpha value is -3.78. The van der Waals surface area contributed by atoms with Crippen molar-refractivity contribution in [3.63, 3.8) is 0 Å². The Labute approximate surface area is 222 Å². The molecule has 36 heavy (non-hydrogen) atoms. The number of thiazole rings is 1.